The second-order valence-electron chi connectivity index (χ2n) is 7.77. The van der Waals surface area contributed by atoms with Gasteiger partial charge in [0.1, 0.15) is 6.04 Å². The van der Waals surface area contributed by atoms with Gasteiger partial charge in [-0.3, -0.25) is 14.4 Å². The van der Waals surface area contributed by atoms with Gasteiger partial charge in [-0.1, -0.05) is 48.5 Å². The summed E-state index contributed by atoms with van der Waals surface area (Å²) in [6.45, 7) is 1.59. The summed E-state index contributed by atoms with van der Waals surface area (Å²) in [5.74, 6) is -1.11. The molecule has 0 saturated carbocycles. The minimum Gasteiger partial charge on any atom is -0.344 e. The fourth-order valence-corrected chi connectivity index (χ4v) is 4.31. The highest BCUT2D eigenvalue weighted by Crippen LogP contribution is 2.27. The second-order valence-corrected chi connectivity index (χ2v) is 8.55. The highest BCUT2D eigenvalue weighted by atomic mass is 32.1. The lowest BCUT2D eigenvalue weighted by atomic mass is 10.0. The Balaban J connectivity index is 1.57. The van der Waals surface area contributed by atoms with Crippen molar-refractivity contribution in [3.05, 3.63) is 88.1 Å². The predicted octanol–water partition coefficient (Wildman–Crippen LogP) is 2.75. The van der Waals surface area contributed by atoms with Crippen LogP contribution in [0.2, 0.25) is 0 Å². The average molecular weight is 461 g/mol. The van der Waals surface area contributed by atoms with Crippen LogP contribution in [-0.4, -0.2) is 42.7 Å². The van der Waals surface area contributed by atoms with Crippen molar-refractivity contribution >= 4 is 40.5 Å². The van der Waals surface area contributed by atoms with Gasteiger partial charge in [-0.05, 0) is 35.4 Å². The summed E-state index contributed by atoms with van der Waals surface area (Å²) in [7, 11) is 1.66. The summed E-state index contributed by atoms with van der Waals surface area (Å²) < 4.78 is 0. The number of rotatable bonds is 6. The Kier molecular flexibility index (Phi) is 6.65. The van der Waals surface area contributed by atoms with Crippen LogP contribution in [0.15, 0.2) is 76.4 Å². The number of likely N-dealkylation sites (N-methyl/N-ethyl adjacent to an activating group) is 1. The van der Waals surface area contributed by atoms with Crippen molar-refractivity contribution in [3.8, 4) is 0 Å². The Morgan fingerprint density at radius 3 is 2.55 bits per heavy atom. The first-order valence-corrected chi connectivity index (χ1v) is 11.5. The van der Waals surface area contributed by atoms with Crippen molar-refractivity contribution in [2.75, 3.05) is 11.9 Å². The van der Waals surface area contributed by atoms with Gasteiger partial charge in [-0.2, -0.15) is 11.3 Å². The van der Waals surface area contributed by atoms with Gasteiger partial charge < -0.3 is 15.5 Å². The molecule has 3 aromatic rings. The van der Waals surface area contributed by atoms with E-state index in [0.717, 1.165) is 16.7 Å². The van der Waals surface area contributed by atoms with Gasteiger partial charge in [0.15, 0.2) is 0 Å². The van der Waals surface area contributed by atoms with Gasteiger partial charge in [0.2, 0.25) is 18.0 Å². The summed E-state index contributed by atoms with van der Waals surface area (Å²) in [5.41, 5.74) is 3.85. The largest absolute Gasteiger partial charge is 0.344 e. The number of thiophene rings is 1. The van der Waals surface area contributed by atoms with Gasteiger partial charge in [-0.15, -0.1) is 0 Å². The van der Waals surface area contributed by atoms with E-state index < -0.39 is 18.1 Å². The first kappa shape index (κ1) is 22.4. The Hall–Kier alpha value is -3.78. The first-order chi connectivity index (χ1) is 15.9. The smallest absolute Gasteiger partial charge is 0.272 e. The fourth-order valence-electron chi connectivity index (χ4n) is 3.64. The molecule has 0 unspecified atom stereocenters. The molecule has 0 spiro atoms. The normalized spacial score (nSPS) is 16.3. The molecule has 168 valence electrons. The molecule has 33 heavy (non-hydrogen) atoms. The lowest BCUT2D eigenvalue weighted by molar-refractivity contribution is -0.130. The Morgan fingerprint density at radius 1 is 1.09 bits per heavy atom. The number of carbonyl (C=O) groups excluding carboxylic acids is 3. The zero-order valence-electron chi connectivity index (χ0n) is 18.3. The summed E-state index contributed by atoms with van der Waals surface area (Å²) in [6, 6.07) is 18.1. The van der Waals surface area contributed by atoms with Crippen LogP contribution in [0, 0.1) is 0 Å². The number of carbonyl (C=O) groups is 3. The monoisotopic (exact) mass is 460 g/mol. The zero-order chi connectivity index (χ0) is 23.4. The number of benzodiazepines with no additional fused rings is 1. The highest BCUT2D eigenvalue weighted by molar-refractivity contribution is 7.08. The van der Waals surface area contributed by atoms with Crippen LogP contribution in [0.5, 0.6) is 0 Å². The third kappa shape index (κ3) is 5.01. The summed E-state index contributed by atoms with van der Waals surface area (Å²) in [4.78, 5) is 44.5. The molecule has 0 bridgehead atoms. The van der Waals surface area contributed by atoms with E-state index in [4.69, 9.17) is 0 Å². The molecule has 4 rings (SSSR count). The molecular formula is C25H24N4O3S. The maximum Gasteiger partial charge on any atom is 0.272 e. The Labute approximate surface area is 196 Å². The summed E-state index contributed by atoms with van der Waals surface area (Å²) in [5, 5.41) is 9.18. The summed E-state index contributed by atoms with van der Waals surface area (Å²) >= 11 is 1.51. The number of para-hydroxylation sites is 1. The molecule has 2 heterocycles. The van der Waals surface area contributed by atoms with Crippen LogP contribution in [0.4, 0.5) is 5.69 Å². The van der Waals surface area contributed by atoms with Crippen LogP contribution < -0.4 is 15.5 Å². The molecule has 2 N–H and O–H groups in total. The van der Waals surface area contributed by atoms with Crippen molar-refractivity contribution in [1.29, 1.82) is 0 Å². The van der Waals surface area contributed by atoms with Crippen LogP contribution in [0.1, 0.15) is 23.6 Å². The minimum absolute atomic E-state index is 0.192. The number of hydrogen-bond acceptors (Lipinski definition) is 5. The molecule has 1 aliphatic rings. The van der Waals surface area contributed by atoms with Gasteiger partial charge in [0, 0.05) is 18.2 Å². The van der Waals surface area contributed by atoms with Crippen molar-refractivity contribution in [2.45, 2.75) is 25.6 Å². The first-order valence-electron chi connectivity index (χ1n) is 10.5. The Bertz CT molecular complexity index is 1190. The highest BCUT2D eigenvalue weighted by Gasteiger charge is 2.32. The van der Waals surface area contributed by atoms with Crippen molar-refractivity contribution in [3.63, 3.8) is 0 Å². The third-order valence-corrected chi connectivity index (χ3v) is 6.12. The van der Waals surface area contributed by atoms with E-state index in [1.807, 2.05) is 71.4 Å². The second kappa shape index (κ2) is 9.79. The molecule has 7 nitrogen and oxygen atoms in total. The van der Waals surface area contributed by atoms with Crippen LogP contribution in [-0.2, 0) is 20.8 Å². The number of benzene rings is 2. The number of aliphatic imine (C=N–C) groups is 1. The van der Waals surface area contributed by atoms with Gasteiger partial charge >= 0.3 is 0 Å². The molecule has 2 atom stereocenters. The predicted molar refractivity (Wildman–Crippen MR) is 129 cm³/mol. The molecule has 0 radical (unpaired) electrons. The maximum absolute atomic E-state index is 13.2. The van der Waals surface area contributed by atoms with Crippen LogP contribution in [0.25, 0.3) is 0 Å². The van der Waals surface area contributed by atoms with E-state index in [9.17, 15) is 14.4 Å². The van der Waals surface area contributed by atoms with E-state index >= 15 is 0 Å². The van der Waals surface area contributed by atoms with Gasteiger partial charge in [0.05, 0.1) is 17.8 Å². The van der Waals surface area contributed by atoms with E-state index in [0.29, 0.717) is 11.4 Å². The molecule has 2 aromatic carbocycles. The number of fused-ring (bicyclic) bond motifs is 1. The Morgan fingerprint density at radius 2 is 1.82 bits per heavy atom. The van der Waals surface area contributed by atoms with E-state index in [2.05, 4.69) is 15.6 Å². The molecule has 0 aliphatic carbocycles. The zero-order valence-corrected chi connectivity index (χ0v) is 19.1. The number of hydrogen-bond donors (Lipinski definition) is 2. The average Bonchev–Trinajstić information content (AvgIpc) is 3.30. The molecule has 1 aromatic heterocycles. The van der Waals surface area contributed by atoms with Crippen molar-refractivity contribution < 1.29 is 14.4 Å². The number of anilines is 1. The van der Waals surface area contributed by atoms with E-state index in [-0.39, 0.29) is 18.2 Å². The quantitative estimate of drug-likeness (QED) is 0.593. The van der Waals surface area contributed by atoms with Crippen molar-refractivity contribution in [1.82, 2.24) is 10.6 Å². The fraction of sp³-hybridized carbons (Fsp3) is 0.200. The van der Waals surface area contributed by atoms with E-state index in [1.165, 1.54) is 16.2 Å². The number of nitrogens with zero attached hydrogens (tertiary/aromatic N) is 2. The van der Waals surface area contributed by atoms with Crippen molar-refractivity contribution in [2.24, 2.45) is 4.99 Å². The maximum atomic E-state index is 13.2. The lowest BCUT2D eigenvalue weighted by Gasteiger charge is -2.22. The number of nitrogens with one attached hydrogen (secondary N) is 2. The standard InChI is InChI=1S/C25H24N4O3S/c1-16(26-21(30)14-17-12-13-33-15-17)24(31)28-23-25(32)29(2)20-11-7-6-10-19(20)22(27-23)18-8-4-3-5-9-18/h3-13,15-16,23H,14H2,1-2H3,(H,26,30)(H,28,31)/t16-,23+/m0/s1. The minimum atomic E-state index is -1.12. The van der Waals surface area contributed by atoms with Gasteiger partial charge in [-0.25, -0.2) is 4.99 Å². The third-order valence-electron chi connectivity index (χ3n) is 5.38. The molecule has 8 heteroatoms. The number of amides is 3. The summed E-state index contributed by atoms with van der Waals surface area (Å²) in [6.07, 6.45) is -0.931. The van der Waals surface area contributed by atoms with E-state index in [1.54, 1.807) is 14.0 Å². The molecule has 3 amide bonds. The van der Waals surface area contributed by atoms with Crippen LogP contribution in [0.3, 0.4) is 0 Å². The SMILES string of the molecule is C[C@H](NC(=O)Cc1ccsc1)C(=O)N[C@H]1N=C(c2ccccc2)c2ccccc2N(C)C1=O. The molecular weight excluding hydrogens is 436 g/mol. The lowest BCUT2D eigenvalue weighted by Crippen LogP contribution is -2.52. The van der Waals surface area contributed by atoms with Gasteiger partial charge in [0.25, 0.3) is 5.91 Å². The molecule has 0 fully saturated rings. The molecule has 1 aliphatic heterocycles. The molecule has 0 saturated heterocycles. The van der Waals surface area contributed by atoms with Crippen LogP contribution >= 0.6 is 11.3 Å². The topological polar surface area (TPSA) is 90.9 Å².